The van der Waals surface area contributed by atoms with Crippen LogP contribution >= 0.6 is 11.3 Å². The molecule has 0 aliphatic carbocycles. The van der Waals surface area contributed by atoms with E-state index >= 15 is 0 Å². The first-order chi connectivity index (χ1) is 14.2. The molecule has 0 aliphatic heterocycles. The molecule has 0 N–H and O–H groups in total. The van der Waals surface area contributed by atoms with Crippen molar-refractivity contribution in [3.05, 3.63) is 83.5 Å². The summed E-state index contributed by atoms with van der Waals surface area (Å²) in [5.74, 6) is 1.69. The van der Waals surface area contributed by atoms with Crippen molar-refractivity contribution in [1.82, 2.24) is 4.57 Å². The third kappa shape index (κ3) is 3.96. The van der Waals surface area contributed by atoms with Gasteiger partial charge in [0.25, 0.3) is 0 Å². The minimum Gasteiger partial charge on any atom is -0.497 e. The molecule has 0 unspecified atom stereocenters. The molecule has 4 rings (SSSR count). The van der Waals surface area contributed by atoms with E-state index in [1.807, 2.05) is 36.4 Å². The summed E-state index contributed by atoms with van der Waals surface area (Å²) in [6.07, 6.45) is 1.90. The molecule has 3 aromatic carbocycles. The Hall–Kier alpha value is -3.31. The molecule has 0 spiro atoms. The van der Waals surface area contributed by atoms with Gasteiger partial charge in [-0.05, 0) is 58.8 Å². The minimum absolute atomic E-state index is 0.689. The zero-order valence-corrected chi connectivity index (χ0v) is 17.3. The zero-order chi connectivity index (χ0) is 20.2. The third-order valence-corrected chi connectivity index (χ3v) is 5.61. The molecule has 0 fully saturated rings. The maximum absolute atomic E-state index is 5.33. The first-order valence-corrected chi connectivity index (χ1v) is 10.2. The lowest BCUT2D eigenvalue weighted by Crippen LogP contribution is -2.14. The molecule has 0 atom stereocenters. The minimum atomic E-state index is 0.689. The highest BCUT2D eigenvalue weighted by Crippen LogP contribution is 2.28. The van der Waals surface area contributed by atoms with Gasteiger partial charge >= 0.3 is 0 Å². The van der Waals surface area contributed by atoms with E-state index in [-0.39, 0.29) is 0 Å². The fourth-order valence-corrected chi connectivity index (χ4v) is 4.17. The van der Waals surface area contributed by atoms with E-state index in [9.17, 15) is 0 Å². The average Bonchev–Trinajstić information content (AvgIpc) is 3.16. The Morgan fingerprint density at radius 2 is 1.62 bits per heavy atom. The molecular weight excluding hydrogens is 380 g/mol. The predicted molar refractivity (Wildman–Crippen MR) is 120 cm³/mol. The van der Waals surface area contributed by atoms with E-state index in [0.29, 0.717) is 6.54 Å². The van der Waals surface area contributed by atoms with Crippen LogP contribution in [0.3, 0.4) is 0 Å². The first-order valence-electron chi connectivity index (χ1n) is 9.28. The summed E-state index contributed by atoms with van der Waals surface area (Å²) < 4.78 is 12.7. The number of benzene rings is 3. The number of rotatable bonds is 6. The lowest BCUT2D eigenvalue weighted by molar-refractivity contribution is 0.415. The van der Waals surface area contributed by atoms with Crippen LogP contribution in [0.4, 0.5) is 5.69 Å². The molecule has 0 bridgehead atoms. The molecule has 0 radical (unpaired) electrons. The number of methoxy groups -OCH3 is 2. The van der Waals surface area contributed by atoms with Gasteiger partial charge in [0.1, 0.15) is 11.5 Å². The number of hydrogen-bond donors (Lipinski definition) is 0. The Kier molecular flexibility index (Phi) is 5.49. The molecule has 0 saturated carbocycles. The standard InChI is InChI=1S/C24H22N2O2S/c1-4-13-26-23(16-29-24(26)25-20-8-11-21(27-2)12-9-20)19-6-5-18-15-22(28-3)10-7-17(18)14-19/h4-12,14-16H,1,13H2,2-3H3. The third-order valence-electron chi connectivity index (χ3n) is 4.75. The summed E-state index contributed by atoms with van der Waals surface area (Å²) in [5, 5.41) is 4.48. The molecule has 0 aliphatic rings. The van der Waals surface area contributed by atoms with Crippen LogP contribution in [-0.2, 0) is 6.54 Å². The van der Waals surface area contributed by atoms with Crippen LogP contribution in [0.15, 0.2) is 83.7 Å². The van der Waals surface area contributed by atoms with Gasteiger partial charge in [-0.1, -0.05) is 24.3 Å². The van der Waals surface area contributed by atoms with Crippen molar-refractivity contribution in [3.63, 3.8) is 0 Å². The highest BCUT2D eigenvalue weighted by Gasteiger charge is 2.09. The summed E-state index contributed by atoms with van der Waals surface area (Å²) in [7, 11) is 3.35. The van der Waals surface area contributed by atoms with Crippen LogP contribution < -0.4 is 14.3 Å². The van der Waals surface area contributed by atoms with Gasteiger partial charge in [-0.25, -0.2) is 4.99 Å². The number of allylic oxidation sites excluding steroid dienone is 1. The van der Waals surface area contributed by atoms with E-state index in [1.54, 1.807) is 25.6 Å². The van der Waals surface area contributed by atoms with E-state index in [2.05, 4.69) is 46.9 Å². The van der Waals surface area contributed by atoms with Crippen molar-refractivity contribution in [3.8, 4) is 22.8 Å². The Balaban J connectivity index is 1.78. The molecule has 4 nitrogen and oxygen atoms in total. The largest absolute Gasteiger partial charge is 0.497 e. The van der Waals surface area contributed by atoms with Crippen molar-refractivity contribution < 1.29 is 9.47 Å². The second-order valence-corrected chi connectivity index (χ2v) is 7.38. The van der Waals surface area contributed by atoms with Crippen molar-refractivity contribution in [2.24, 2.45) is 4.99 Å². The smallest absolute Gasteiger partial charge is 0.190 e. The monoisotopic (exact) mass is 402 g/mol. The molecule has 0 saturated heterocycles. The molecular formula is C24H22N2O2S. The fraction of sp³-hybridized carbons (Fsp3) is 0.125. The molecule has 146 valence electrons. The van der Waals surface area contributed by atoms with Crippen LogP contribution in [0.1, 0.15) is 0 Å². The van der Waals surface area contributed by atoms with Crippen molar-refractivity contribution in [2.45, 2.75) is 6.54 Å². The van der Waals surface area contributed by atoms with Crippen molar-refractivity contribution in [2.75, 3.05) is 14.2 Å². The number of nitrogens with zero attached hydrogens (tertiary/aromatic N) is 2. The van der Waals surface area contributed by atoms with Gasteiger partial charge in [0, 0.05) is 11.9 Å². The van der Waals surface area contributed by atoms with Gasteiger partial charge in [0.05, 0.1) is 25.6 Å². The van der Waals surface area contributed by atoms with Gasteiger partial charge in [-0.3, -0.25) is 0 Å². The molecule has 4 aromatic rings. The summed E-state index contributed by atoms with van der Waals surface area (Å²) in [4.78, 5) is 5.76. The van der Waals surface area contributed by atoms with Crippen LogP contribution in [0.2, 0.25) is 0 Å². The topological polar surface area (TPSA) is 35.8 Å². The summed E-state index contributed by atoms with van der Waals surface area (Å²) in [5.41, 5.74) is 3.17. The second kappa shape index (κ2) is 8.37. The fourth-order valence-electron chi connectivity index (χ4n) is 3.23. The van der Waals surface area contributed by atoms with Crippen molar-refractivity contribution in [1.29, 1.82) is 0 Å². The number of thiazole rings is 1. The van der Waals surface area contributed by atoms with E-state index in [1.165, 1.54) is 5.39 Å². The summed E-state index contributed by atoms with van der Waals surface area (Å²) in [6.45, 7) is 4.61. The van der Waals surface area contributed by atoms with E-state index in [0.717, 1.165) is 38.6 Å². The normalized spacial score (nSPS) is 11.6. The number of aromatic nitrogens is 1. The van der Waals surface area contributed by atoms with Gasteiger partial charge in [0.15, 0.2) is 4.80 Å². The Labute approximate surface area is 174 Å². The van der Waals surface area contributed by atoms with Crippen LogP contribution in [-0.4, -0.2) is 18.8 Å². The quantitative estimate of drug-likeness (QED) is 0.382. The Bertz CT molecular complexity index is 1220. The highest BCUT2D eigenvalue weighted by atomic mass is 32.1. The Morgan fingerprint density at radius 1 is 0.931 bits per heavy atom. The lowest BCUT2D eigenvalue weighted by Gasteiger charge is -2.09. The number of hydrogen-bond acceptors (Lipinski definition) is 4. The SMILES string of the molecule is C=CCn1c(-c2ccc3cc(OC)ccc3c2)csc1=Nc1ccc(OC)cc1. The molecule has 0 amide bonds. The molecule has 5 heteroatoms. The summed E-state index contributed by atoms with van der Waals surface area (Å²) in [6, 6.07) is 20.4. The average molecular weight is 403 g/mol. The molecule has 1 aromatic heterocycles. The second-order valence-electron chi connectivity index (χ2n) is 6.54. The van der Waals surface area contributed by atoms with Gasteiger partial charge in [0.2, 0.25) is 0 Å². The first kappa shape index (κ1) is 19.0. The maximum atomic E-state index is 5.33. The molecule has 1 heterocycles. The Morgan fingerprint density at radius 3 is 2.34 bits per heavy atom. The number of ether oxygens (including phenoxy) is 2. The van der Waals surface area contributed by atoms with Gasteiger partial charge < -0.3 is 14.0 Å². The van der Waals surface area contributed by atoms with Gasteiger partial charge in [-0.15, -0.1) is 17.9 Å². The van der Waals surface area contributed by atoms with Crippen LogP contribution in [0.25, 0.3) is 22.0 Å². The maximum Gasteiger partial charge on any atom is 0.190 e. The number of fused-ring (bicyclic) bond motifs is 1. The van der Waals surface area contributed by atoms with E-state index < -0.39 is 0 Å². The highest BCUT2D eigenvalue weighted by molar-refractivity contribution is 7.07. The lowest BCUT2D eigenvalue weighted by atomic mass is 10.1. The predicted octanol–water partition coefficient (Wildman–Crippen LogP) is 5.81. The van der Waals surface area contributed by atoms with E-state index in [4.69, 9.17) is 14.5 Å². The van der Waals surface area contributed by atoms with Gasteiger partial charge in [-0.2, -0.15) is 0 Å². The zero-order valence-electron chi connectivity index (χ0n) is 16.5. The van der Waals surface area contributed by atoms with Crippen molar-refractivity contribution >= 4 is 27.8 Å². The van der Waals surface area contributed by atoms with Crippen LogP contribution in [0, 0.1) is 0 Å². The summed E-state index contributed by atoms with van der Waals surface area (Å²) >= 11 is 1.62. The van der Waals surface area contributed by atoms with Crippen LogP contribution in [0.5, 0.6) is 11.5 Å². The molecule has 29 heavy (non-hydrogen) atoms.